The average Bonchev–Trinajstić information content (AvgIpc) is 3.03. The van der Waals surface area contributed by atoms with Crippen LogP contribution >= 0.6 is 24.0 Å². The number of pyridine rings is 1. The van der Waals surface area contributed by atoms with Crippen LogP contribution in [0.25, 0.3) is 11.7 Å². The topological polar surface area (TPSA) is 96.2 Å². The Balaban J connectivity index is 2.02. The molecule has 1 atom stereocenters. The summed E-state index contributed by atoms with van der Waals surface area (Å²) in [5.41, 5.74) is 1.43. The van der Waals surface area contributed by atoms with Crippen molar-refractivity contribution in [2.24, 2.45) is 0 Å². The number of anilines is 1. The van der Waals surface area contributed by atoms with Gasteiger partial charge in [-0.25, -0.2) is 4.98 Å². The number of rotatable bonds is 9. The lowest BCUT2D eigenvalue weighted by molar-refractivity contribution is -0.123. The van der Waals surface area contributed by atoms with Crippen LogP contribution in [0.5, 0.6) is 0 Å². The zero-order valence-corrected chi connectivity index (χ0v) is 19.4. The molecular weight excluding hydrogens is 436 g/mol. The normalized spacial score (nSPS) is 16.5. The summed E-state index contributed by atoms with van der Waals surface area (Å²) in [5.74, 6) is 0.172. The second-order valence-electron chi connectivity index (χ2n) is 7.19. The first-order valence-corrected chi connectivity index (χ1v) is 11.3. The molecule has 0 radical (unpaired) electrons. The number of hydrogen-bond donors (Lipinski definition) is 2. The lowest BCUT2D eigenvalue weighted by Gasteiger charge is -2.21. The van der Waals surface area contributed by atoms with Crippen LogP contribution in [0.1, 0.15) is 31.4 Å². The monoisotopic (exact) mass is 462 g/mol. The van der Waals surface area contributed by atoms with Gasteiger partial charge in [0.2, 0.25) is 0 Å². The molecule has 2 N–H and O–H groups in total. The second kappa shape index (κ2) is 10.4. The Bertz CT molecular complexity index is 1080. The van der Waals surface area contributed by atoms with Crippen LogP contribution in [0.4, 0.5) is 5.82 Å². The van der Waals surface area contributed by atoms with Gasteiger partial charge in [0.1, 0.15) is 15.8 Å². The number of ether oxygens (including phenoxy) is 1. The number of aryl methyl sites for hydroxylation is 1. The second-order valence-corrected chi connectivity index (χ2v) is 8.86. The van der Waals surface area contributed by atoms with Gasteiger partial charge in [-0.15, -0.1) is 0 Å². The fraction of sp³-hybridized carbons (Fsp3) is 0.429. The predicted molar refractivity (Wildman–Crippen MR) is 127 cm³/mol. The first-order valence-electron chi connectivity index (χ1n) is 10.1. The number of nitrogens with one attached hydrogen (secondary N) is 1. The molecule has 1 fully saturated rings. The number of fused-ring (bicyclic) bond motifs is 1. The van der Waals surface area contributed by atoms with E-state index in [-0.39, 0.29) is 36.3 Å². The minimum Gasteiger partial charge on any atom is -0.394 e. The third kappa shape index (κ3) is 5.15. The van der Waals surface area contributed by atoms with Crippen LogP contribution in [-0.2, 0) is 9.53 Å². The molecule has 2 aromatic rings. The Kier molecular flexibility index (Phi) is 7.82. The number of amides is 1. The minimum absolute atomic E-state index is 0.0156. The summed E-state index contributed by atoms with van der Waals surface area (Å²) in [6, 6.07) is 3.64. The molecule has 8 nitrogen and oxygen atoms in total. The number of hydrogen-bond acceptors (Lipinski definition) is 8. The van der Waals surface area contributed by atoms with Crippen molar-refractivity contribution in [3.8, 4) is 0 Å². The molecular formula is C21H26N4O4S2. The van der Waals surface area contributed by atoms with Crippen molar-refractivity contribution in [3.63, 3.8) is 0 Å². The smallest absolute Gasteiger partial charge is 0.267 e. The molecule has 31 heavy (non-hydrogen) atoms. The maximum atomic E-state index is 13.3. The van der Waals surface area contributed by atoms with E-state index in [0.29, 0.717) is 33.8 Å². The number of aliphatic hydroxyl groups excluding tert-OH is 1. The summed E-state index contributed by atoms with van der Waals surface area (Å²) < 4.78 is 7.24. The van der Waals surface area contributed by atoms with E-state index in [1.807, 2.05) is 26.8 Å². The summed E-state index contributed by atoms with van der Waals surface area (Å²) in [4.78, 5) is 32.8. The highest BCUT2D eigenvalue weighted by Crippen LogP contribution is 2.34. The number of thiocarbonyl (C=S) groups is 1. The Labute approximate surface area is 190 Å². The van der Waals surface area contributed by atoms with Gasteiger partial charge in [0.15, 0.2) is 0 Å². The molecule has 1 saturated heterocycles. The van der Waals surface area contributed by atoms with Crippen molar-refractivity contribution in [2.45, 2.75) is 33.2 Å². The molecule has 1 aliphatic heterocycles. The summed E-state index contributed by atoms with van der Waals surface area (Å²) in [6.07, 6.45) is 4.07. The largest absolute Gasteiger partial charge is 0.394 e. The van der Waals surface area contributed by atoms with Gasteiger partial charge in [-0.2, -0.15) is 0 Å². The lowest BCUT2D eigenvalue weighted by atomic mass is 10.2. The third-order valence-corrected chi connectivity index (χ3v) is 6.24. The van der Waals surface area contributed by atoms with Gasteiger partial charge in [-0.05, 0) is 38.0 Å². The first-order chi connectivity index (χ1) is 14.9. The van der Waals surface area contributed by atoms with Crippen molar-refractivity contribution in [2.75, 3.05) is 31.7 Å². The Morgan fingerprint density at radius 2 is 2.13 bits per heavy atom. The van der Waals surface area contributed by atoms with Crippen molar-refractivity contribution >= 4 is 51.7 Å². The molecule has 3 rings (SSSR count). The number of nitrogens with zero attached hydrogens (tertiary/aromatic N) is 3. The van der Waals surface area contributed by atoms with Gasteiger partial charge in [-0.3, -0.25) is 18.9 Å². The summed E-state index contributed by atoms with van der Waals surface area (Å²) in [7, 11) is 0. The minimum atomic E-state index is -0.277. The van der Waals surface area contributed by atoms with Crippen LogP contribution in [0.15, 0.2) is 28.0 Å². The van der Waals surface area contributed by atoms with E-state index in [1.54, 1.807) is 23.2 Å². The van der Waals surface area contributed by atoms with Crippen molar-refractivity contribution in [1.29, 1.82) is 0 Å². The number of thioether (sulfide) groups is 1. The van der Waals surface area contributed by atoms with E-state index in [2.05, 4.69) is 10.3 Å². The molecule has 0 aromatic carbocycles. The quantitative estimate of drug-likeness (QED) is 0.333. The maximum absolute atomic E-state index is 13.3. The Morgan fingerprint density at radius 3 is 2.84 bits per heavy atom. The molecule has 0 aliphatic carbocycles. The van der Waals surface area contributed by atoms with E-state index in [1.165, 1.54) is 16.2 Å². The highest BCUT2D eigenvalue weighted by atomic mass is 32.2. The summed E-state index contributed by atoms with van der Waals surface area (Å²) in [5, 5.41) is 12.0. The average molecular weight is 463 g/mol. The molecule has 10 heteroatoms. The van der Waals surface area contributed by atoms with Gasteiger partial charge in [-0.1, -0.05) is 37.0 Å². The van der Waals surface area contributed by atoms with Gasteiger partial charge in [0.25, 0.3) is 11.5 Å². The molecule has 0 unspecified atom stereocenters. The molecule has 166 valence electrons. The lowest BCUT2D eigenvalue weighted by Crippen LogP contribution is -2.36. The fourth-order valence-corrected chi connectivity index (χ4v) is 4.55. The number of carbonyl (C=O) groups excluding carboxylic acids is 1. The number of aliphatic hydroxyl groups is 1. The predicted octanol–water partition coefficient (Wildman–Crippen LogP) is 2.42. The van der Waals surface area contributed by atoms with Crippen LogP contribution in [0.3, 0.4) is 0 Å². The van der Waals surface area contributed by atoms with Crippen LogP contribution < -0.4 is 10.9 Å². The van der Waals surface area contributed by atoms with Crippen molar-refractivity contribution in [3.05, 3.63) is 44.7 Å². The van der Waals surface area contributed by atoms with Gasteiger partial charge in [0.05, 0.1) is 30.3 Å². The van der Waals surface area contributed by atoms with Gasteiger partial charge in [0, 0.05) is 18.8 Å². The summed E-state index contributed by atoms with van der Waals surface area (Å²) in [6.45, 7) is 6.75. The third-order valence-electron chi connectivity index (χ3n) is 4.91. The standard InChI is InChI=1S/C21H26N4O4S2/c1-4-14(3)25-20(28)16(31-21(25)30)11-15-18(22-7-9-29-10-8-26)23-17-6-5-13(2)12-24(17)19(15)27/h5-6,11-12,14,22,26H,4,7-10H2,1-3H3/b16-11-/t14-/m0/s1. The molecule has 0 bridgehead atoms. The highest BCUT2D eigenvalue weighted by Gasteiger charge is 2.35. The maximum Gasteiger partial charge on any atom is 0.267 e. The Morgan fingerprint density at radius 1 is 1.35 bits per heavy atom. The van der Waals surface area contributed by atoms with Crippen LogP contribution in [-0.4, -0.2) is 62.0 Å². The van der Waals surface area contributed by atoms with E-state index in [0.717, 1.165) is 12.0 Å². The first kappa shape index (κ1) is 23.4. The molecule has 0 spiro atoms. The Hall–Kier alpha value is -2.27. The molecule has 1 aliphatic rings. The van der Waals surface area contributed by atoms with E-state index in [9.17, 15) is 9.59 Å². The molecule has 2 aromatic heterocycles. The van der Waals surface area contributed by atoms with E-state index in [4.69, 9.17) is 22.1 Å². The number of carbonyl (C=O) groups is 1. The molecule has 1 amide bonds. The zero-order chi connectivity index (χ0) is 22.5. The number of aromatic nitrogens is 2. The zero-order valence-electron chi connectivity index (χ0n) is 17.8. The summed E-state index contributed by atoms with van der Waals surface area (Å²) >= 11 is 6.59. The van der Waals surface area contributed by atoms with Crippen LogP contribution in [0.2, 0.25) is 0 Å². The van der Waals surface area contributed by atoms with Crippen LogP contribution in [0, 0.1) is 6.92 Å². The van der Waals surface area contributed by atoms with E-state index >= 15 is 0 Å². The SMILES string of the molecule is CC[C@H](C)N1C(=O)/C(=C/c2c(NCCOCCO)nc3ccc(C)cn3c2=O)SC1=S. The van der Waals surface area contributed by atoms with Crippen molar-refractivity contribution < 1.29 is 14.6 Å². The van der Waals surface area contributed by atoms with Crippen molar-refractivity contribution in [1.82, 2.24) is 14.3 Å². The molecule has 3 heterocycles. The highest BCUT2D eigenvalue weighted by molar-refractivity contribution is 8.26. The van der Waals surface area contributed by atoms with E-state index < -0.39 is 0 Å². The van der Waals surface area contributed by atoms with Gasteiger partial charge >= 0.3 is 0 Å². The van der Waals surface area contributed by atoms with Gasteiger partial charge < -0.3 is 15.2 Å². The molecule has 0 saturated carbocycles. The fourth-order valence-electron chi connectivity index (χ4n) is 3.11.